The standard InChI is InChI=1S/C15H11N7/c1-17-10-5-4-6-11(9-10)19-15-21-13(20-14(16)22-15)12-7-2-3-8-18-12/h2-9H,(H3,16,19,20,21,22). The Morgan fingerprint density at radius 1 is 1.05 bits per heavy atom. The molecule has 0 saturated heterocycles. The quantitative estimate of drug-likeness (QED) is 0.720. The van der Waals surface area contributed by atoms with E-state index in [1.54, 1.807) is 30.5 Å². The lowest BCUT2D eigenvalue weighted by atomic mass is 10.3. The van der Waals surface area contributed by atoms with E-state index in [1.165, 1.54) is 0 Å². The van der Waals surface area contributed by atoms with Gasteiger partial charge in [0.05, 0.1) is 6.57 Å². The number of rotatable bonds is 3. The zero-order valence-electron chi connectivity index (χ0n) is 11.4. The van der Waals surface area contributed by atoms with Crippen molar-refractivity contribution in [2.45, 2.75) is 0 Å². The fourth-order valence-electron chi connectivity index (χ4n) is 1.84. The molecular formula is C15H11N7. The Balaban J connectivity index is 1.94. The third kappa shape index (κ3) is 2.96. The zero-order valence-corrected chi connectivity index (χ0v) is 11.4. The van der Waals surface area contributed by atoms with Crippen molar-refractivity contribution in [1.29, 1.82) is 0 Å². The summed E-state index contributed by atoms with van der Waals surface area (Å²) < 4.78 is 0. The third-order valence-electron chi connectivity index (χ3n) is 2.78. The molecule has 0 aliphatic heterocycles. The van der Waals surface area contributed by atoms with Crippen LogP contribution in [0.2, 0.25) is 0 Å². The van der Waals surface area contributed by atoms with E-state index in [2.05, 4.69) is 30.1 Å². The molecular weight excluding hydrogens is 278 g/mol. The highest BCUT2D eigenvalue weighted by molar-refractivity contribution is 5.63. The predicted octanol–water partition coefficient (Wildman–Crippen LogP) is 2.81. The van der Waals surface area contributed by atoms with E-state index < -0.39 is 0 Å². The van der Waals surface area contributed by atoms with Crippen LogP contribution in [0.15, 0.2) is 48.7 Å². The lowest BCUT2D eigenvalue weighted by Gasteiger charge is -2.07. The first-order chi connectivity index (χ1) is 10.7. The second-order valence-electron chi connectivity index (χ2n) is 4.34. The van der Waals surface area contributed by atoms with Crippen molar-refractivity contribution in [2.24, 2.45) is 0 Å². The van der Waals surface area contributed by atoms with Gasteiger partial charge >= 0.3 is 0 Å². The van der Waals surface area contributed by atoms with Crippen molar-refractivity contribution in [3.05, 3.63) is 60.1 Å². The first-order valence-electron chi connectivity index (χ1n) is 6.42. The summed E-state index contributed by atoms with van der Waals surface area (Å²) in [6.45, 7) is 7.03. The summed E-state index contributed by atoms with van der Waals surface area (Å²) >= 11 is 0. The van der Waals surface area contributed by atoms with Gasteiger partial charge in [0, 0.05) is 11.9 Å². The van der Waals surface area contributed by atoms with Crippen molar-refractivity contribution in [1.82, 2.24) is 19.9 Å². The highest BCUT2D eigenvalue weighted by Crippen LogP contribution is 2.21. The van der Waals surface area contributed by atoms with Gasteiger partial charge in [-0.15, -0.1) is 0 Å². The van der Waals surface area contributed by atoms with E-state index in [4.69, 9.17) is 12.3 Å². The Hall–Kier alpha value is -3.53. The number of nitrogens with zero attached hydrogens (tertiary/aromatic N) is 5. The first kappa shape index (κ1) is 13.5. The molecule has 0 saturated carbocycles. The average molecular weight is 289 g/mol. The molecule has 0 atom stereocenters. The Kier molecular flexibility index (Phi) is 3.58. The number of anilines is 3. The van der Waals surface area contributed by atoms with Gasteiger partial charge in [0.1, 0.15) is 5.69 Å². The highest BCUT2D eigenvalue weighted by Gasteiger charge is 2.08. The van der Waals surface area contributed by atoms with Crippen LogP contribution in [0.5, 0.6) is 0 Å². The monoisotopic (exact) mass is 289 g/mol. The number of nitrogens with one attached hydrogen (secondary N) is 1. The van der Waals surface area contributed by atoms with Gasteiger partial charge in [-0.1, -0.05) is 18.2 Å². The van der Waals surface area contributed by atoms with E-state index in [9.17, 15) is 0 Å². The average Bonchev–Trinajstić information content (AvgIpc) is 2.55. The third-order valence-corrected chi connectivity index (χ3v) is 2.78. The van der Waals surface area contributed by atoms with Crippen LogP contribution in [0.1, 0.15) is 0 Å². The molecule has 0 amide bonds. The summed E-state index contributed by atoms with van der Waals surface area (Å²) in [5.74, 6) is 0.784. The van der Waals surface area contributed by atoms with Crippen LogP contribution in [-0.2, 0) is 0 Å². The Labute approximate surface area is 126 Å². The molecule has 0 bridgehead atoms. The minimum Gasteiger partial charge on any atom is -0.368 e. The maximum absolute atomic E-state index is 7.03. The SMILES string of the molecule is [C-]#[N+]c1cccc(Nc2nc(N)nc(-c3ccccn3)n2)c1. The summed E-state index contributed by atoms with van der Waals surface area (Å²) in [4.78, 5) is 20.0. The number of hydrogen-bond donors (Lipinski definition) is 2. The van der Waals surface area contributed by atoms with E-state index in [0.29, 0.717) is 28.8 Å². The van der Waals surface area contributed by atoms with Gasteiger partial charge in [-0.25, -0.2) is 4.85 Å². The smallest absolute Gasteiger partial charge is 0.232 e. The molecule has 0 spiro atoms. The van der Waals surface area contributed by atoms with Gasteiger partial charge in [0.15, 0.2) is 11.5 Å². The largest absolute Gasteiger partial charge is 0.368 e. The number of benzene rings is 1. The van der Waals surface area contributed by atoms with Crippen LogP contribution in [0, 0.1) is 6.57 Å². The highest BCUT2D eigenvalue weighted by atomic mass is 15.2. The molecule has 3 aromatic rings. The van der Waals surface area contributed by atoms with Gasteiger partial charge in [-0.05, 0) is 24.3 Å². The van der Waals surface area contributed by atoms with Crippen LogP contribution in [0.25, 0.3) is 16.4 Å². The second kappa shape index (κ2) is 5.85. The summed E-state index contributed by atoms with van der Waals surface area (Å²) in [5, 5.41) is 3.02. The summed E-state index contributed by atoms with van der Waals surface area (Å²) in [7, 11) is 0. The maximum Gasteiger partial charge on any atom is 0.232 e. The van der Waals surface area contributed by atoms with Gasteiger partial charge in [0.2, 0.25) is 11.9 Å². The van der Waals surface area contributed by atoms with E-state index in [0.717, 1.165) is 0 Å². The summed E-state index contributed by atoms with van der Waals surface area (Å²) in [5.41, 5.74) is 7.56. The first-order valence-corrected chi connectivity index (χ1v) is 6.42. The normalized spacial score (nSPS) is 9.95. The molecule has 3 N–H and O–H groups in total. The van der Waals surface area contributed by atoms with Gasteiger partial charge in [0.25, 0.3) is 0 Å². The van der Waals surface area contributed by atoms with Gasteiger partial charge < -0.3 is 11.1 Å². The van der Waals surface area contributed by atoms with Crippen LogP contribution < -0.4 is 11.1 Å². The van der Waals surface area contributed by atoms with E-state index in [1.807, 2.05) is 18.2 Å². The summed E-state index contributed by atoms with van der Waals surface area (Å²) in [6, 6.07) is 12.5. The lowest BCUT2D eigenvalue weighted by Crippen LogP contribution is -2.05. The minimum atomic E-state index is 0.0967. The topological polar surface area (TPSA) is 94.0 Å². The van der Waals surface area contributed by atoms with Crippen molar-refractivity contribution in [3.8, 4) is 11.5 Å². The zero-order chi connectivity index (χ0) is 15.4. The lowest BCUT2D eigenvalue weighted by molar-refractivity contribution is 1.06. The van der Waals surface area contributed by atoms with Crippen molar-refractivity contribution in [3.63, 3.8) is 0 Å². The second-order valence-corrected chi connectivity index (χ2v) is 4.34. The molecule has 2 aromatic heterocycles. The van der Waals surface area contributed by atoms with Crippen molar-refractivity contribution >= 4 is 23.3 Å². The molecule has 106 valence electrons. The van der Waals surface area contributed by atoms with Crippen LogP contribution in [-0.4, -0.2) is 19.9 Å². The van der Waals surface area contributed by atoms with Crippen LogP contribution in [0.3, 0.4) is 0 Å². The molecule has 7 nitrogen and oxygen atoms in total. The molecule has 0 aliphatic carbocycles. The number of pyridine rings is 1. The van der Waals surface area contributed by atoms with Gasteiger partial charge in [-0.2, -0.15) is 15.0 Å². The minimum absolute atomic E-state index is 0.0967. The van der Waals surface area contributed by atoms with Crippen molar-refractivity contribution < 1.29 is 0 Å². The molecule has 0 aliphatic rings. The molecule has 3 rings (SSSR count). The predicted molar refractivity (Wildman–Crippen MR) is 83.5 cm³/mol. The van der Waals surface area contributed by atoms with E-state index >= 15 is 0 Å². The molecule has 1 aromatic carbocycles. The molecule has 22 heavy (non-hydrogen) atoms. The Morgan fingerprint density at radius 2 is 1.95 bits per heavy atom. The molecule has 7 heteroatoms. The fourth-order valence-corrected chi connectivity index (χ4v) is 1.84. The van der Waals surface area contributed by atoms with Gasteiger partial charge in [-0.3, -0.25) is 4.98 Å². The van der Waals surface area contributed by atoms with Crippen LogP contribution >= 0.6 is 0 Å². The summed E-state index contributed by atoms with van der Waals surface area (Å²) in [6.07, 6.45) is 1.65. The molecule has 0 fully saturated rings. The molecule has 2 heterocycles. The number of hydrogen-bond acceptors (Lipinski definition) is 6. The maximum atomic E-state index is 7.03. The molecule has 0 radical (unpaired) electrons. The van der Waals surface area contributed by atoms with Crippen LogP contribution in [0.4, 0.5) is 23.3 Å². The number of nitrogen functional groups attached to an aromatic ring is 1. The van der Waals surface area contributed by atoms with E-state index in [-0.39, 0.29) is 5.95 Å². The number of nitrogens with two attached hydrogens (primary N) is 1. The molecule has 0 unspecified atom stereocenters. The Morgan fingerprint density at radius 3 is 2.73 bits per heavy atom. The number of aromatic nitrogens is 4. The van der Waals surface area contributed by atoms with Crippen molar-refractivity contribution in [2.75, 3.05) is 11.1 Å². The Bertz CT molecular complexity index is 840. The fraction of sp³-hybridized carbons (Fsp3) is 0.